The van der Waals surface area contributed by atoms with E-state index in [1.54, 1.807) is 18.2 Å². The van der Waals surface area contributed by atoms with E-state index in [0.717, 1.165) is 37.0 Å². The first-order chi connectivity index (χ1) is 10.0. The van der Waals surface area contributed by atoms with Crippen LogP contribution in [-0.4, -0.2) is 17.2 Å². The molecule has 0 bridgehead atoms. The van der Waals surface area contributed by atoms with Crippen molar-refractivity contribution < 1.29 is 4.79 Å². The minimum absolute atomic E-state index is 0.137. The Labute approximate surface area is 134 Å². The largest absolute Gasteiger partial charge is 0.399 e. The number of nitrogens with two attached hydrogens (primary N) is 1. The van der Waals surface area contributed by atoms with Gasteiger partial charge >= 0.3 is 0 Å². The molecular formula is C15H18ClN3OS. The third kappa shape index (κ3) is 4.29. The molecule has 2 rings (SSSR count). The number of carbonyl (C=O) groups is 1. The molecule has 0 aliphatic heterocycles. The molecule has 0 saturated heterocycles. The summed E-state index contributed by atoms with van der Waals surface area (Å²) in [6, 6.07) is 7.47. The van der Waals surface area contributed by atoms with Crippen molar-refractivity contribution in [1.29, 1.82) is 5.26 Å². The molecule has 1 aliphatic rings. The normalized spacial score (nSPS) is 17.0. The standard InChI is InChI=1S/C15H18ClN3OS/c16-12-5-4-11(18)8-13(12)21-9-14(20)19-15(10-17)6-2-1-3-7-15/h4-5,8H,1-3,6-7,9,18H2,(H,19,20). The van der Waals surface area contributed by atoms with E-state index >= 15 is 0 Å². The fraction of sp³-hybridized carbons (Fsp3) is 0.467. The molecule has 6 heteroatoms. The van der Waals surface area contributed by atoms with E-state index in [2.05, 4.69) is 11.4 Å². The molecule has 4 nitrogen and oxygen atoms in total. The number of benzene rings is 1. The van der Waals surface area contributed by atoms with Crippen molar-refractivity contribution >= 4 is 35.0 Å². The number of halogens is 1. The van der Waals surface area contributed by atoms with Gasteiger partial charge in [0.05, 0.1) is 16.8 Å². The molecule has 0 spiro atoms. The number of nitrogens with one attached hydrogen (secondary N) is 1. The van der Waals surface area contributed by atoms with Gasteiger partial charge in [0.2, 0.25) is 5.91 Å². The summed E-state index contributed by atoms with van der Waals surface area (Å²) < 4.78 is 0. The number of rotatable bonds is 4. The van der Waals surface area contributed by atoms with Gasteiger partial charge in [-0.3, -0.25) is 4.79 Å². The summed E-state index contributed by atoms with van der Waals surface area (Å²) in [4.78, 5) is 12.9. The van der Waals surface area contributed by atoms with Gasteiger partial charge in [0.1, 0.15) is 5.54 Å². The lowest BCUT2D eigenvalue weighted by Gasteiger charge is -2.31. The molecule has 1 fully saturated rings. The van der Waals surface area contributed by atoms with Gasteiger partial charge in [-0.15, -0.1) is 11.8 Å². The van der Waals surface area contributed by atoms with E-state index in [1.165, 1.54) is 11.8 Å². The monoisotopic (exact) mass is 323 g/mol. The van der Waals surface area contributed by atoms with Crippen molar-refractivity contribution in [3.05, 3.63) is 23.2 Å². The zero-order valence-electron chi connectivity index (χ0n) is 11.7. The number of carbonyl (C=O) groups excluding carboxylic acids is 1. The lowest BCUT2D eigenvalue weighted by atomic mass is 9.83. The molecule has 112 valence electrons. The molecule has 0 atom stereocenters. The summed E-state index contributed by atoms with van der Waals surface area (Å²) in [6.45, 7) is 0. The Hall–Kier alpha value is -1.38. The second kappa shape index (κ2) is 7.06. The third-order valence-corrected chi connectivity index (χ3v) is 5.11. The van der Waals surface area contributed by atoms with Crippen LogP contribution in [0.3, 0.4) is 0 Å². The zero-order chi connectivity index (χ0) is 15.3. The highest BCUT2D eigenvalue weighted by Crippen LogP contribution is 2.30. The smallest absolute Gasteiger partial charge is 0.231 e. The first kappa shape index (κ1) is 16.0. The topological polar surface area (TPSA) is 78.9 Å². The number of anilines is 1. The maximum atomic E-state index is 12.1. The Morgan fingerprint density at radius 3 is 2.81 bits per heavy atom. The van der Waals surface area contributed by atoms with Crippen LogP contribution in [0.5, 0.6) is 0 Å². The molecule has 0 heterocycles. The summed E-state index contributed by atoms with van der Waals surface area (Å²) in [5.74, 6) is 0.0917. The van der Waals surface area contributed by atoms with E-state index in [4.69, 9.17) is 17.3 Å². The SMILES string of the molecule is N#CC1(NC(=O)CSc2cc(N)ccc2Cl)CCCCC1. The number of thioether (sulfide) groups is 1. The Bertz CT molecular complexity index is 565. The van der Waals surface area contributed by atoms with Crippen molar-refractivity contribution in [2.24, 2.45) is 0 Å². The van der Waals surface area contributed by atoms with Crippen LogP contribution in [0.4, 0.5) is 5.69 Å². The molecule has 1 aliphatic carbocycles. The highest BCUT2D eigenvalue weighted by molar-refractivity contribution is 8.00. The number of nitrogens with zero attached hydrogens (tertiary/aromatic N) is 1. The van der Waals surface area contributed by atoms with Crippen LogP contribution in [0.15, 0.2) is 23.1 Å². The van der Waals surface area contributed by atoms with Crippen LogP contribution in [-0.2, 0) is 4.79 Å². The third-order valence-electron chi connectivity index (χ3n) is 3.61. The first-order valence-electron chi connectivity index (χ1n) is 6.95. The Morgan fingerprint density at radius 2 is 2.14 bits per heavy atom. The summed E-state index contributed by atoms with van der Waals surface area (Å²) in [7, 11) is 0. The van der Waals surface area contributed by atoms with E-state index in [0.29, 0.717) is 10.7 Å². The summed E-state index contributed by atoms with van der Waals surface area (Å²) in [5, 5.41) is 12.8. The maximum Gasteiger partial charge on any atom is 0.231 e. The molecule has 0 unspecified atom stereocenters. The van der Waals surface area contributed by atoms with Crippen molar-refractivity contribution in [1.82, 2.24) is 5.32 Å². The molecule has 1 amide bonds. The van der Waals surface area contributed by atoms with Gasteiger partial charge in [0.15, 0.2) is 0 Å². The quantitative estimate of drug-likeness (QED) is 0.658. The Morgan fingerprint density at radius 1 is 1.43 bits per heavy atom. The van der Waals surface area contributed by atoms with Crippen molar-refractivity contribution in [2.75, 3.05) is 11.5 Å². The number of hydrogen-bond donors (Lipinski definition) is 2. The summed E-state index contributed by atoms with van der Waals surface area (Å²) >= 11 is 7.40. The van der Waals surface area contributed by atoms with Crippen LogP contribution in [0.25, 0.3) is 0 Å². The second-order valence-electron chi connectivity index (χ2n) is 5.28. The lowest BCUT2D eigenvalue weighted by Crippen LogP contribution is -2.49. The Balaban J connectivity index is 1.93. The van der Waals surface area contributed by atoms with E-state index in [-0.39, 0.29) is 11.7 Å². The minimum atomic E-state index is -0.685. The van der Waals surface area contributed by atoms with Crippen molar-refractivity contribution in [3.8, 4) is 6.07 Å². The molecule has 0 radical (unpaired) electrons. The van der Waals surface area contributed by atoms with Gasteiger partial charge in [-0.25, -0.2) is 0 Å². The molecule has 1 aromatic rings. The Kier molecular flexibility index (Phi) is 5.38. The minimum Gasteiger partial charge on any atom is -0.399 e. The van der Waals surface area contributed by atoms with Crippen LogP contribution >= 0.6 is 23.4 Å². The van der Waals surface area contributed by atoms with Crippen molar-refractivity contribution in [2.45, 2.75) is 42.5 Å². The van der Waals surface area contributed by atoms with Crippen LogP contribution < -0.4 is 11.1 Å². The van der Waals surface area contributed by atoms with Crippen LogP contribution in [0.1, 0.15) is 32.1 Å². The van der Waals surface area contributed by atoms with E-state index in [9.17, 15) is 10.1 Å². The molecule has 21 heavy (non-hydrogen) atoms. The van der Waals surface area contributed by atoms with Crippen molar-refractivity contribution in [3.63, 3.8) is 0 Å². The van der Waals surface area contributed by atoms with Crippen LogP contribution in [0, 0.1) is 11.3 Å². The van der Waals surface area contributed by atoms with Crippen LogP contribution in [0.2, 0.25) is 5.02 Å². The van der Waals surface area contributed by atoms with Gasteiger partial charge in [0.25, 0.3) is 0 Å². The molecule has 1 aromatic carbocycles. The number of hydrogen-bond acceptors (Lipinski definition) is 4. The number of nitriles is 1. The van der Waals surface area contributed by atoms with Gasteiger partial charge in [-0.1, -0.05) is 30.9 Å². The average molecular weight is 324 g/mol. The van der Waals surface area contributed by atoms with Gasteiger partial charge in [-0.2, -0.15) is 5.26 Å². The van der Waals surface area contributed by atoms with Gasteiger partial charge < -0.3 is 11.1 Å². The van der Waals surface area contributed by atoms with E-state index < -0.39 is 5.54 Å². The van der Waals surface area contributed by atoms with E-state index in [1.807, 2.05) is 0 Å². The predicted molar refractivity (Wildman–Crippen MR) is 86.2 cm³/mol. The number of amides is 1. The molecule has 3 N–H and O–H groups in total. The summed E-state index contributed by atoms with van der Waals surface area (Å²) in [6.07, 6.45) is 4.58. The average Bonchev–Trinajstić information content (AvgIpc) is 2.49. The highest BCUT2D eigenvalue weighted by atomic mass is 35.5. The molecule has 1 saturated carbocycles. The maximum absolute atomic E-state index is 12.1. The number of nitrogen functional groups attached to an aromatic ring is 1. The predicted octanol–water partition coefficient (Wildman–Crippen LogP) is 3.36. The zero-order valence-corrected chi connectivity index (χ0v) is 13.3. The second-order valence-corrected chi connectivity index (χ2v) is 6.71. The van der Waals surface area contributed by atoms with Gasteiger partial charge in [0, 0.05) is 10.6 Å². The molecular weight excluding hydrogens is 306 g/mol. The van der Waals surface area contributed by atoms with Gasteiger partial charge in [-0.05, 0) is 31.0 Å². The summed E-state index contributed by atoms with van der Waals surface area (Å²) in [5.41, 5.74) is 5.64. The fourth-order valence-electron chi connectivity index (χ4n) is 2.50. The fourth-order valence-corrected chi connectivity index (χ4v) is 3.56. The molecule has 0 aromatic heterocycles. The first-order valence-corrected chi connectivity index (χ1v) is 8.31. The lowest BCUT2D eigenvalue weighted by molar-refractivity contribution is -0.120. The highest BCUT2D eigenvalue weighted by Gasteiger charge is 2.33.